The minimum Gasteiger partial charge on any atom is -0.496 e. The lowest BCUT2D eigenvalue weighted by molar-refractivity contribution is -0.150. The molecule has 11 heteroatoms. The first-order valence-electron chi connectivity index (χ1n) is 11.5. The van der Waals surface area contributed by atoms with Crippen LogP contribution in [-0.2, 0) is 14.4 Å². The highest BCUT2D eigenvalue weighted by atomic mass is 19.1. The lowest BCUT2D eigenvalue weighted by Crippen LogP contribution is -2.36. The Kier molecular flexibility index (Phi) is 6.01. The standard InChI is InChI=1S/C24H27FN6O4/c1-14(17-12-16(25)4-5-19(17)33-2)27-20-8-11-31-22(28-20)18(13-26-31)21-29-24(35-30-21)9-6-15(7-10-24)23(32)34-3/h4-5,8,11-15H,6-7,9-10H2,1-3H3,(H,27,28)(H,29,30)/t14-,15?,24?/m1/s1. The molecule has 184 valence electrons. The molecule has 1 fully saturated rings. The molecular weight excluding hydrogens is 455 g/mol. The molecule has 35 heavy (non-hydrogen) atoms. The van der Waals surface area contributed by atoms with Gasteiger partial charge in [-0.05, 0) is 44.0 Å². The van der Waals surface area contributed by atoms with Crippen molar-refractivity contribution in [2.24, 2.45) is 10.9 Å². The van der Waals surface area contributed by atoms with Crippen LogP contribution in [-0.4, -0.2) is 46.3 Å². The smallest absolute Gasteiger partial charge is 0.308 e. The Labute approximate surface area is 201 Å². The molecule has 10 nitrogen and oxygen atoms in total. The highest BCUT2D eigenvalue weighted by molar-refractivity contribution is 6.04. The van der Waals surface area contributed by atoms with Gasteiger partial charge < -0.3 is 14.8 Å². The van der Waals surface area contributed by atoms with E-state index in [2.05, 4.69) is 15.9 Å². The van der Waals surface area contributed by atoms with Gasteiger partial charge in [0.05, 0.1) is 37.9 Å². The van der Waals surface area contributed by atoms with Gasteiger partial charge in [0.15, 0.2) is 17.2 Å². The average molecular weight is 483 g/mol. The number of benzene rings is 1. The van der Waals surface area contributed by atoms with Gasteiger partial charge >= 0.3 is 5.97 Å². The number of aromatic nitrogens is 3. The summed E-state index contributed by atoms with van der Waals surface area (Å²) in [5.74, 6) is 1.07. The van der Waals surface area contributed by atoms with Gasteiger partial charge in [-0.25, -0.2) is 29.2 Å². The second kappa shape index (κ2) is 9.14. The van der Waals surface area contributed by atoms with Crippen molar-refractivity contribution in [3.05, 3.63) is 53.6 Å². The van der Waals surface area contributed by atoms with E-state index in [1.807, 2.05) is 6.92 Å². The zero-order chi connectivity index (χ0) is 24.6. The number of esters is 1. The monoisotopic (exact) mass is 482 g/mol. The van der Waals surface area contributed by atoms with Crippen molar-refractivity contribution in [2.45, 2.75) is 44.4 Å². The van der Waals surface area contributed by atoms with Crippen LogP contribution in [0.1, 0.15) is 49.8 Å². The minimum absolute atomic E-state index is 0.126. The summed E-state index contributed by atoms with van der Waals surface area (Å²) < 4.78 is 25.7. The number of hydrogen-bond acceptors (Lipinski definition) is 9. The van der Waals surface area contributed by atoms with Crippen LogP contribution in [0.4, 0.5) is 10.2 Å². The first kappa shape index (κ1) is 23.0. The second-order valence-corrected chi connectivity index (χ2v) is 8.80. The first-order valence-corrected chi connectivity index (χ1v) is 11.5. The highest BCUT2D eigenvalue weighted by Crippen LogP contribution is 2.38. The van der Waals surface area contributed by atoms with Gasteiger partial charge in [-0.1, -0.05) is 0 Å². The van der Waals surface area contributed by atoms with Crippen LogP contribution in [0, 0.1) is 11.7 Å². The Balaban J connectivity index is 1.37. The van der Waals surface area contributed by atoms with E-state index in [0.29, 0.717) is 59.9 Å². The SMILES string of the molecule is COC(=O)C1CCC2(CC1)N=C(c1cnn3ccc(N[C@H](C)c4cc(F)ccc4OC)nc13)NO2. The van der Waals surface area contributed by atoms with Gasteiger partial charge in [0.25, 0.3) is 0 Å². The lowest BCUT2D eigenvalue weighted by Gasteiger charge is -2.31. The van der Waals surface area contributed by atoms with Gasteiger partial charge in [-0.15, -0.1) is 0 Å². The van der Waals surface area contributed by atoms with E-state index in [0.717, 1.165) is 0 Å². The molecular formula is C24H27FN6O4. The van der Waals surface area contributed by atoms with Crippen LogP contribution in [0.3, 0.4) is 0 Å². The average Bonchev–Trinajstić information content (AvgIpc) is 3.48. The molecule has 0 radical (unpaired) electrons. The Hall–Kier alpha value is -3.73. The number of ether oxygens (including phenoxy) is 2. The molecule has 2 aromatic heterocycles. The van der Waals surface area contributed by atoms with E-state index >= 15 is 0 Å². The maximum Gasteiger partial charge on any atom is 0.308 e. The van der Waals surface area contributed by atoms with Crippen molar-refractivity contribution >= 4 is 23.3 Å². The number of methoxy groups -OCH3 is 2. The van der Waals surface area contributed by atoms with Crippen LogP contribution in [0.15, 0.2) is 41.7 Å². The van der Waals surface area contributed by atoms with E-state index in [9.17, 15) is 9.18 Å². The topological polar surface area (TPSA) is 111 Å². The number of halogens is 1. The van der Waals surface area contributed by atoms with E-state index in [-0.39, 0.29) is 23.7 Å². The second-order valence-electron chi connectivity index (χ2n) is 8.80. The van der Waals surface area contributed by atoms with Crippen molar-refractivity contribution in [3.63, 3.8) is 0 Å². The number of rotatable bonds is 6. The van der Waals surface area contributed by atoms with Crippen molar-refractivity contribution in [1.82, 2.24) is 20.1 Å². The molecule has 0 amide bonds. The third-order valence-corrected chi connectivity index (χ3v) is 6.60. The number of nitrogens with zero attached hydrogens (tertiary/aromatic N) is 4. The number of anilines is 1. The number of amidine groups is 1. The fourth-order valence-electron chi connectivity index (χ4n) is 4.65. The molecule has 3 heterocycles. The molecule has 1 atom stereocenters. The van der Waals surface area contributed by atoms with E-state index in [1.54, 1.807) is 36.2 Å². The molecule has 5 rings (SSSR count). The fourth-order valence-corrected chi connectivity index (χ4v) is 4.65. The summed E-state index contributed by atoms with van der Waals surface area (Å²) in [6.07, 6.45) is 5.98. The van der Waals surface area contributed by atoms with Crippen LogP contribution in [0.2, 0.25) is 0 Å². The summed E-state index contributed by atoms with van der Waals surface area (Å²) in [6.45, 7) is 1.91. The molecule has 0 bridgehead atoms. The zero-order valence-corrected chi connectivity index (χ0v) is 19.7. The van der Waals surface area contributed by atoms with Gasteiger partial charge in [-0.2, -0.15) is 5.10 Å². The Morgan fingerprint density at radius 2 is 2.11 bits per heavy atom. The van der Waals surface area contributed by atoms with Gasteiger partial charge in [0.1, 0.15) is 17.4 Å². The number of hydroxylamine groups is 1. The van der Waals surface area contributed by atoms with E-state index in [4.69, 9.17) is 24.3 Å². The summed E-state index contributed by atoms with van der Waals surface area (Å²) in [6, 6.07) is 5.95. The van der Waals surface area contributed by atoms with Crippen molar-refractivity contribution in [3.8, 4) is 5.75 Å². The predicted octanol–water partition coefficient (Wildman–Crippen LogP) is 3.39. The van der Waals surface area contributed by atoms with Crippen LogP contribution >= 0.6 is 0 Å². The molecule has 3 aromatic rings. The molecule has 0 saturated heterocycles. The number of hydrogen-bond donors (Lipinski definition) is 2. The van der Waals surface area contributed by atoms with Crippen molar-refractivity contribution in [1.29, 1.82) is 0 Å². The van der Waals surface area contributed by atoms with Gasteiger partial charge in [0, 0.05) is 24.6 Å². The van der Waals surface area contributed by atoms with Gasteiger partial charge in [-0.3, -0.25) is 4.79 Å². The molecule has 1 aliphatic heterocycles. The molecule has 2 aliphatic rings. The number of carbonyl (C=O) groups is 1. The van der Waals surface area contributed by atoms with Crippen molar-refractivity contribution in [2.75, 3.05) is 19.5 Å². The fraction of sp³-hybridized carbons (Fsp3) is 0.417. The van der Waals surface area contributed by atoms with Crippen molar-refractivity contribution < 1.29 is 23.5 Å². The molecule has 1 saturated carbocycles. The highest BCUT2D eigenvalue weighted by Gasteiger charge is 2.43. The lowest BCUT2D eigenvalue weighted by atomic mass is 9.84. The third kappa shape index (κ3) is 4.39. The molecule has 1 aromatic carbocycles. The first-order chi connectivity index (χ1) is 16.9. The normalized spacial score (nSPS) is 22.5. The number of fused-ring (bicyclic) bond motifs is 1. The predicted molar refractivity (Wildman–Crippen MR) is 125 cm³/mol. The minimum atomic E-state index is -0.716. The molecule has 1 aliphatic carbocycles. The van der Waals surface area contributed by atoms with E-state index in [1.165, 1.54) is 19.2 Å². The number of carbonyl (C=O) groups excluding carboxylic acids is 1. The summed E-state index contributed by atoms with van der Waals surface area (Å²) in [7, 11) is 2.96. The van der Waals surface area contributed by atoms with Crippen LogP contribution in [0.5, 0.6) is 5.75 Å². The largest absolute Gasteiger partial charge is 0.496 e. The van der Waals surface area contributed by atoms with Crippen LogP contribution in [0.25, 0.3) is 5.65 Å². The summed E-state index contributed by atoms with van der Waals surface area (Å²) >= 11 is 0. The molecule has 0 unspecified atom stereocenters. The zero-order valence-electron chi connectivity index (χ0n) is 19.7. The maximum atomic E-state index is 13.8. The number of nitrogens with one attached hydrogen (secondary N) is 2. The number of aliphatic imine (C=N–C) groups is 1. The van der Waals surface area contributed by atoms with Crippen LogP contribution < -0.4 is 15.5 Å². The maximum absolute atomic E-state index is 13.8. The Morgan fingerprint density at radius 1 is 1.31 bits per heavy atom. The Bertz CT molecular complexity index is 1280. The third-order valence-electron chi connectivity index (χ3n) is 6.60. The quantitative estimate of drug-likeness (QED) is 0.515. The summed E-state index contributed by atoms with van der Waals surface area (Å²) in [5.41, 5.74) is 4.18. The van der Waals surface area contributed by atoms with Gasteiger partial charge in [0.2, 0.25) is 0 Å². The summed E-state index contributed by atoms with van der Waals surface area (Å²) in [5, 5.41) is 7.68. The summed E-state index contributed by atoms with van der Waals surface area (Å²) in [4.78, 5) is 27.3. The Morgan fingerprint density at radius 3 is 2.86 bits per heavy atom. The van der Waals surface area contributed by atoms with E-state index < -0.39 is 5.72 Å². The molecule has 2 N–H and O–H groups in total. The molecule has 1 spiro atoms.